The van der Waals surface area contributed by atoms with Crippen LogP contribution >= 0.6 is 0 Å². The van der Waals surface area contributed by atoms with Gasteiger partial charge >= 0.3 is 0 Å². The van der Waals surface area contributed by atoms with Crippen molar-refractivity contribution < 1.29 is 4.79 Å². The molecule has 1 aliphatic rings. The number of amides is 1. The quantitative estimate of drug-likeness (QED) is 0.438. The van der Waals surface area contributed by atoms with Gasteiger partial charge in [0, 0.05) is 17.6 Å². The Labute approximate surface area is 169 Å². The van der Waals surface area contributed by atoms with E-state index in [1.54, 1.807) is 0 Å². The highest BCUT2D eigenvalue weighted by molar-refractivity contribution is 6.32. The van der Waals surface area contributed by atoms with Crippen LogP contribution in [0.3, 0.4) is 0 Å². The lowest BCUT2D eigenvalue weighted by atomic mass is 10.1. The highest BCUT2D eigenvalue weighted by atomic mass is 16.2. The van der Waals surface area contributed by atoms with Gasteiger partial charge in [-0.2, -0.15) is 10.1 Å². The average molecular weight is 377 g/mol. The summed E-state index contributed by atoms with van der Waals surface area (Å²) in [4.78, 5) is 13.0. The van der Waals surface area contributed by atoms with Gasteiger partial charge in [-0.3, -0.25) is 4.79 Å². The molecular formula is C25H19N3O. The van der Waals surface area contributed by atoms with E-state index in [0.29, 0.717) is 11.3 Å². The van der Waals surface area contributed by atoms with Crippen LogP contribution in [0.2, 0.25) is 0 Å². The molecule has 140 valence electrons. The molecule has 3 aromatic carbocycles. The minimum atomic E-state index is -0.111. The first kappa shape index (κ1) is 17.2. The minimum Gasteiger partial charge on any atom is -0.317 e. The number of carbonyl (C=O) groups is 1. The van der Waals surface area contributed by atoms with Gasteiger partial charge in [0.25, 0.3) is 5.91 Å². The summed E-state index contributed by atoms with van der Waals surface area (Å²) in [6.45, 7) is 1.87. The number of para-hydroxylation sites is 1. The van der Waals surface area contributed by atoms with Crippen LogP contribution in [0.25, 0.3) is 22.5 Å². The number of nitrogens with zero attached hydrogens (tertiary/aromatic N) is 3. The summed E-state index contributed by atoms with van der Waals surface area (Å²) in [6.07, 6.45) is 3.93. The molecule has 0 bridgehead atoms. The van der Waals surface area contributed by atoms with Crippen LogP contribution in [-0.2, 0) is 4.79 Å². The number of fused-ring (bicyclic) bond motifs is 1. The van der Waals surface area contributed by atoms with Gasteiger partial charge in [0.15, 0.2) is 0 Å². The van der Waals surface area contributed by atoms with E-state index in [9.17, 15) is 4.79 Å². The van der Waals surface area contributed by atoms with E-state index in [1.807, 2.05) is 73.8 Å². The number of benzene rings is 3. The molecule has 4 heteroatoms. The summed E-state index contributed by atoms with van der Waals surface area (Å²) in [7, 11) is 0. The third kappa shape index (κ3) is 3.05. The van der Waals surface area contributed by atoms with Crippen LogP contribution in [0, 0.1) is 0 Å². The smallest absolute Gasteiger partial charge is 0.280 e. The molecular weight excluding hydrogens is 358 g/mol. The second kappa shape index (κ2) is 6.91. The molecule has 0 spiro atoms. The monoisotopic (exact) mass is 377 g/mol. The van der Waals surface area contributed by atoms with Crippen molar-refractivity contribution in [3.63, 3.8) is 0 Å². The first-order valence-electron chi connectivity index (χ1n) is 9.54. The fraction of sp³-hybridized carbons (Fsp3) is 0.0400. The number of aromatic nitrogens is 1. The van der Waals surface area contributed by atoms with Gasteiger partial charge in [-0.15, -0.1) is 0 Å². The van der Waals surface area contributed by atoms with Gasteiger partial charge in [0.05, 0.1) is 17.0 Å². The zero-order valence-electron chi connectivity index (χ0n) is 16.0. The average Bonchev–Trinajstić information content (AvgIpc) is 3.34. The number of rotatable bonds is 3. The fourth-order valence-electron chi connectivity index (χ4n) is 3.65. The van der Waals surface area contributed by atoms with Gasteiger partial charge < -0.3 is 4.57 Å². The summed E-state index contributed by atoms with van der Waals surface area (Å²) in [5, 5.41) is 8.32. The Balaban J connectivity index is 1.53. The maximum absolute atomic E-state index is 13.0. The van der Waals surface area contributed by atoms with E-state index in [-0.39, 0.29) is 5.91 Å². The summed E-state index contributed by atoms with van der Waals surface area (Å²) in [6, 6.07) is 28.2. The van der Waals surface area contributed by atoms with Crippen molar-refractivity contribution in [2.45, 2.75) is 6.92 Å². The molecule has 29 heavy (non-hydrogen) atoms. The van der Waals surface area contributed by atoms with Gasteiger partial charge in [0.1, 0.15) is 0 Å². The topological polar surface area (TPSA) is 37.6 Å². The predicted molar refractivity (Wildman–Crippen MR) is 118 cm³/mol. The number of hydrogen-bond acceptors (Lipinski definition) is 2. The number of hydrogen-bond donors (Lipinski definition) is 0. The molecule has 0 aliphatic carbocycles. The third-order valence-electron chi connectivity index (χ3n) is 5.15. The van der Waals surface area contributed by atoms with Crippen molar-refractivity contribution in [3.8, 4) is 5.69 Å². The number of carbonyl (C=O) groups excluding carboxylic acids is 1. The van der Waals surface area contributed by atoms with Crippen LogP contribution in [0.5, 0.6) is 0 Å². The zero-order valence-corrected chi connectivity index (χ0v) is 16.0. The highest BCUT2D eigenvalue weighted by Crippen LogP contribution is 2.26. The van der Waals surface area contributed by atoms with Crippen LogP contribution in [0.4, 0.5) is 5.69 Å². The second-order valence-electron chi connectivity index (χ2n) is 7.03. The Morgan fingerprint density at radius 2 is 1.55 bits per heavy atom. The van der Waals surface area contributed by atoms with Crippen molar-refractivity contribution in [3.05, 3.63) is 102 Å². The normalized spacial score (nSPS) is 15.3. The predicted octanol–water partition coefficient (Wildman–Crippen LogP) is 5.44. The van der Waals surface area contributed by atoms with E-state index in [4.69, 9.17) is 0 Å². The standard InChI is InChI=1S/C25H19N3O/c1-18-24(25(29)28(26-18)21-10-3-2-4-11-21)17-22-12-7-15-27(22)23-14-13-19-8-5-6-9-20(19)16-23/h2-17H,1H3/b24-17+. The van der Waals surface area contributed by atoms with Crippen LogP contribution in [0.1, 0.15) is 12.6 Å². The largest absolute Gasteiger partial charge is 0.317 e. The maximum Gasteiger partial charge on any atom is 0.280 e. The van der Waals surface area contributed by atoms with Crippen LogP contribution in [0.15, 0.2) is 102 Å². The molecule has 1 amide bonds. The van der Waals surface area contributed by atoms with E-state index in [0.717, 1.165) is 17.1 Å². The van der Waals surface area contributed by atoms with E-state index < -0.39 is 0 Å². The third-order valence-corrected chi connectivity index (χ3v) is 5.15. The first-order valence-corrected chi connectivity index (χ1v) is 9.54. The van der Waals surface area contributed by atoms with Crippen molar-refractivity contribution in [2.24, 2.45) is 5.10 Å². The lowest BCUT2D eigenvalue weighted by molar-refractivity contribution is -0.114. The van der Waals surface area contributed by atoms with Crippen molar-refractivity contribution in [1.82, 2.24) is 4.57 Å². The molecule has 0 unspecified atom stereocenters. The zero-order chi connectivity index (χ0) is 19.8. The SMILES string of the molecule is CC1=NN(c2ccccc2)C(=O)/C1=C/c1cccn1-c1ccc2ccccc2c1. The Morgan fingerprint density at radius 3 is 2.38 bits per heavy atom. The Morgan fingerprint density at radius 1 is 0.793 bits per heavy atom. The summed E-state index contributed by atoms with van der Waals surface area (Å²) in [5.41, 5.74) is 4.08. The fourth-order valence-corrected chi connectivity index (χ4v) is 3.65. The van der Waals surface area contributed by atoms with E-state index >= 15 is 0 Å². The molecule has 5 rings (SSSR count). The van der Waals surface area contributed by atoms with E-state index in [1.165, 1.54) is 15.8 Å². The Bertz CT molecular complexity index is 1280. The number of hydrazone groups is 1. The minimum absolute atomic E-state index is 0.111. The first-order chi connectivity index (χ1) is 14.2. The molecule has 0 atom stereocenters. The lowest BCUT2D eigenvalue weighted by Crippen LogP contribution is -2.21. The van der Waals surface area contributed by atoms with Crippen LogP contribution < -0.4 is 5.01 Å². The second-order valence-corrected chi connectivity index (χ2v) is 7.03. The van der Waals surface area contributed by atoms with Crippen LogP contribution in [-0.4, -0.2) is 16.2 Å². The molecule has 0 N–H and O–H groups in total. The molecule has 0 radical (unpaired) electrons. The Hall–Kier alpha value is -3.92. The molecule has 2 heterocycles. The maximum atomic E-state index is 13.0. The summed E-state index contributed by atoms with van der Waals surface area (Å²) in [5.74, 6) is -0.111. The van der Waals surface area contributed by atoms with Gasteiger partial charge in [-0.1, -0.05) is 48.5 Å². The molecule has 0 saturated carbocycles. The molecule has 4 nitrogen and oxygen atoms in total. The van der Waals surface area contributed by atoms with Gasteiger partial charge in [-0.05, 0) is 60.2 Å². The van der Waals surface area contributed by atoms with E-state index in [2.05, 4.69) is 40.0 Å². The van der Waals surface area contributed by atoms with Gasteiger partial charge in [0.2, 0.25) is 0 Å². The van der Waals surface area contributed by atoms with Crippen molar-refractivity contribution >= 4 is 34.2 Å². The molecule has 0 saturated heterocycles. The highest BCUT2D eigenvalue weighted by Gasteiger charge is 2.28. The Kier molecular flexibility index (Phi) is 4.10. The number of anilines is 1. The summed E-state index contributed by atoms with van der Waals surface area (Å²) < 4.78 is 2.09. The van der Waals surface area contributed by atoms with Gasteiger partial charge in [-0.25, -0.2) is 0 Å². The molecule has 1 aromatic heterocycles. The van der Waals surface area contributed by atoms with Crippen molar-refractivity contribution in [2.75, 3.05) is 5.01 Å². The summed E-state index contributed by atoms with van der Waals surface area (Å²) >= 11 is 0. The molecule has 1 aliphatic heterocycles. The lowest BCUT2D eigenvalue weighted by Gasteiger charge is -2.11. The molecule has 4 aromatic rings. The van der Waals surface area contributed by atoms with Crippen molar-refractivity contribution in [1.29, 1.82) is 0 Å². The molecule has 0 fully saturated rings.